The molecule has 8 heteroatoms. The molecule has 0 unspecified atom stereocenters. The van der Waals surface area contributed by atoms with Crippen LogP contribution in [0.3, 0.4) is 0 Å². The van der Waals surface area contributed by atoms with Crippen LogP contribution in [0.1, 0.15) is 15.9 Å². The molecule has 0 fully saturated rings. The van der Waals surface area contributed by atoms with Gasteiger partial charge in [0.25, 0.3) is 10.0 Å². The summed E-state index contributed by atoms with van der Waals surface area (Å²) in [6.07, 6.45) is 0. The second kappa shape index (κ2) is 6.78. The van der Waals surface area contributed by atoms with Crippen molar-refractivity contribution in [1.82, 2.24) is 0 Å². The van der Waals surface area contributed by atoms with Crippen molar-refractivity contribution in [3.8, 4) is 0 Å². The van der Waals surface area contributed by atoms with Gasteiger partial charge in [-0.2, -0.15) is 0 Å². The van der Waals surface area contributed by atoms with Crippen LogP contribution in [0.2, 0.25) is 10.0 Å². The minimum Gasteiger partial charge on any atom is -0.465 e. The summed E-state index contributed by atoms with van der Waals surface area (Å²) < 4.78 is 31.9. The van der Waals surface area contributed by atoms with Gasteiger partial charge in [-0.1, -0.05) is 23.2 Å². The average molecular weight is 374 g/mol. The highest BCUT2D eigenvalue weighted by molar-refractivity contribution is 7.92. The van der Waals surface area contributed by atoms with Crippen LogP contribution in [0, 0.1) is 6.92 Å². The Labute approximate surface area is 144 Å². The van der Waals surface area contributed by atoms with Crippen LogP contribution in [-0.4, -0.2) is 21.5 Å². The highest BCUT2D eigenvalue weighted by Crippen LogP contribution is 2.25. The van der Waals surface area contributed by atoms with Crippen molar-refractivity contribution in [2.24, 2.45) is 0 Å². The number of nitrogens with one attached hydrogen (secondary N) is 1. The number of esters is 1. The summed E-state index contributed by atoms with van der Waals surface area (Å²) >= 11 is 11.7. The number of benzene rings is 2. The number of carbonyl (C=O) groups excluding carboxylic acids is 1. The van der Waals surface area contributed by atoms with E-state index in [1.807, 2.05) is 0 Å². The minimum atomic E-state index is -3.85. The number of hydrogen-bond acceptors (Lipinski definition) is 4. The van der Waals surface area contributed by atoms with Gasteiger partial charge in [0, 0.05) is 10.0 Å². The van der Waals surface area contributed by atoms with E-state index in [0.29, 0.717) is 16.8 Å². The number of ether oxygens (including phenoxy) is 1. The minimum absolute atomic E-state index is 0.0496. The second-order valence-electron chi connectivity index (χ2n) is 4.73. The summed E-state index contributed by atoms with van der Waals surface area (Å²) in [5.74, 6) is -0.496. The van der Waals surface area contributed by atoms with Crippen LogP contribution in [0.25, 0.3) is 0 Å². The van der Waals surface area contributed by atoms with Crippen molar-refractivity contribution in [3.05, 3.63) is 57.6 Å². The van der Waals surface area contributed by atoms with E-state index in [4.69, 9.17) is 23.2 Å². The molecular weight excluding hydrogens is 361 g/mol. The van der Waals surface area contributed by atoms with Gasteiger partial charge in [0.1, 0.15) is 0 Å². The number of anilines is 1. The van der Waals surface area contributed by atoms with Crippen molar-refractivity contribution in [3.63, 3.8) is 0 Å². The summed E-state index contributed by atoms with van der Waals surface area (Å²) in [5.41, 5.74) is 1.25. The first-order chi connectivity index (χ1) is 10.7. The van der Waals surface area contributed by atoms with Gasteiger partial charge in [-0.25, -0.2) is 13.2 Å². The van der Waals surface area contributed by atoms with E-state index >= 15 is 0 Å². The van der Waals surface area contributed by atoms with Crippen LogP contribution >= 0.6 is 23.2 Å². The molecule has 122 valence electrons. The monoisotopic (exact) mass is 373 g/mol. The SMILES string of the molecule is COC(=O)c1ccc(NS(=O)(=O)c2cc(Cl)cc(Cl)c2)c(C)c1. The van der Waals surface area contributed by atoms with Gasteiger partial charge < -0.3 is 4.74 Å². The molecule has 0 aliphatic heterocycles. The van der Waals surface area contributed by atoms with E-state index in [2.05, 4.69) is 9.46 Å². The average Bonchev–Trinajstić information content (AvgIpc) is 2.47. The molecule has 0 spiro atoms. The van der Waals surface area contributed by atoms with E-state index in [0.717, 1.165) is 0 Å². The quantitative estimate of drug-likeness (QED) is 0.825. The smallest absolute Gasteiger partial charge is 0.337 e. The van der Waals surface area contributed by atoms with Gasteiger partial charge in [-0.3, -0.25) is 4.72 Å². The zero-order valence-electron chi connectivity index (χ0n) is 12.3. The number of aryl methyl sites for hydroxylation is 1. The van der Waals surface area contributed by atoms with Gasteiger partial charge in [-0.05, 0) is 48.9 Å². The summed E-state index contributed by atoms with van der Waals surface area (Å²) in [6, 6.07) is 8.54. The highest BCUT2D eigenvalue weighted by Gasteiger charge is 2.17. The van der Waals surface area contributed by atoms with E-state index < -0.39 is 16.0 Å². The lowest BCUT2D eigenvalue weighted by Crippen LogP contribution is -2.14. The van der Waals surface area contributed by atoms with Crippen molar-refractivity contribution < 1.29 is 17.9 Å². The number of rotatable bonds is 4. The second-order valence-corrected chi connectivity index (χ2v) is 7.29. The molecule has 0 aromatic heterocycles. The number of methoxy groups -OCH3 is 1. The zero-order valence-corrected chi connectivity index (χ0v) is 14.6. The topological polar surface area (TPSA) is 72.5 Å². The molecule has 2 aromatic rings. The standard InChI is InChI=1S/C15H13Cl2NO4S/c1-9-5-10(15(19)22-2)3-4-14(9)18-23(20,21)13-7-11(16)6-12(17)8-13/h3-8,18H,1-2H3. The molecule has 0 heterocycles. The number of hydrogen-bond donors (Lipinski definition) is 1. The third-order valence-electron chi connectivity index (χ3n) is 3.04. The fraction of sp³-hybridized carbons (Fsp3) is 0.133. The van der Waals surface area contributed by atoms with Crippen molar-refractivity contribution >= 4 is 44.9 Å². The molecule has 23 heavy (non-hydrogen) atoms. The largest absolute Gasteiger partial charge is 0.465 e. The van der Waals surface area contributed by atoms with Gasteiger partial charge in [0.15, 0.2) is 0 Å². The Balaban J connectivity index is 2.35. The molecule has 0 aliphatic carbocycles. The van der Waals surface area contributed by atoms with E-state index in [1.165, 1.54) is 43.5 Å². The fourth-order valence-electron chi connectivity index (χ4n) is 1.91. The van der Waals surface area contributed by atoms with Gasteiger partial charge in [-0.15, -0.1) is 0 Å². The predicted molar refractivity (Wildman–Crippen MR) is 89.8 cm³/mol. The highest BCUT2D eigenvalue weighted by atomic mass is 35.5. The molecule has 0 radical (unpaired) electrons. The maximum Gasteiger partial charge on any atom is 0.337 e. The molecule has 0 aliphatic rings. The molecule has 5 nitrogen and oxygen atoms in total. The molecule has 0 amide bonds. The molecule has 0 atom stereocenters. The van der Waals surface area contributed by atoms with Gasteiger partial charge in [0.05, 0.1) is 23.3 Å². The predicted octanol–water partition coefficient (Wildman–Crippen LogP) is 3.89. The Morgan fingerprint density at radius 2 is 1.70 bits per heavy atom. The maximum atomic E-state index is 12.4. The Kier molecular flexibility index (Phi) is 5.19. The first-order valence-electron chi connectivity index (χ1n) is 6.41. The Bertz CT molecular complexity index is 846. The first kappa shape index (κ1) is 17.6. The van der Waals surface area contributed by atoms with Gasteiger partial charge in [0.2, 0.25) is 0 Å². The Hall–Kier alpha value is -1.76. The van der Waals surface area contributed by atoms with Crippen molar-refractivity contribution in [2.75, 3.05) is 11.8 Å². The van der Waals surface area contributed by atoms with Gasteiger partial charge >= 0.3 is 5.97 Å². The number of carbonyl (C=O) groups is 1. The van der Waals surface area contributed by atoms with Crippen molar-refractivity contribution in [1.29, 1.82) is 0 Å². The molecule has 0 bridgehead atoms. The Morgan fingerprint density at radius 1 is 1.09 bits per heavy atom. The van der Waals surface area contributed by atoms with Crippen molar-refractivity contribution in [2.45, 2.75) is 11.8 Å². The maximum absolute atomic E-state index is 12.4. The number of halogens is 2. The summed E-state index contributed by atoms with van der Waals surface area (Å²) in [5, 5.41) is 0.436. The lowest BCUT2D eigenvalue weighted by molar-refractivity contribution is 0.0600. The normalized spacial score (nSPS) is 11.1. The number of sulfonamides is 1. The third kappa shape index (κ3) is 4.16. The van der Waals surface area contributed by atoms with Crippen LogP contribution in [0.4, 0.5) is 5.69 Å². The third-order valence-corrected chi connectivity index (χ3v) is 4.82. The summed E-state index contributed by atoms with van der Waals surface area (Å²) in [4.78, 5) is 11.4. The van der Waals surface area contributed by atoms with Crippen LogP contribution in [0.5, 0.6) is 0 Å². The Morgan fingerprint density at radius 3 is 2.22 bits per heavy atom. The fourth-order valence-corrected chi connectivity index (χ4v) is 3.77. The van der Waals surface area contributed by atoms with Crippen LogP contribution in [0.15, 0.2) is 41.3 Å². The molecule has 2 aromatic carbocycles. The molecule has 1 N–H and O–H groups in total. The first-order valence-corrected chi connectivity index (χ1v) is 8.65. The van der Waals surface area contributed by atoms with E-state index in [9.17, 15) is 13.2 Å². The summed E-state index contributed by atoms with van der Waals surface area (Å²) in [6.45, 7) is 1.68. The van der Waals surface area contributed by atoms with Crippen LogP contribution in [-0.2, 0) is 14.8 Å². The van der Waals surface area contributed by atoms with E-state index in [1.54, 1.807) is 6.92 Å². The molecular formula is C15H13Cl2NO4S. The lowest BCUT2D eigenvalue weighted by Gasteiger charge is -2.12. The van der Waals surface area contributed by atoms with Crippen LogP contribution < -0.4 is 4.72 Å². The molecule has 0 saturated carbocycles. The molecule has 2 rings (SSSR count). The lowest BCUT2D eigenvalue weighted by atomic mass is 10.1. The van der Waals surface area contributed by atoms with E-state index in [-0.39, 0.29) is 14.9 Å². The zero-order chi connectivity index (χ0) is 17.2. The molecule has 0 saturated heterocycles. The summed E-state index contributed by atoms with van der Waals surface area (Å²) in [7, 11) is -2.58.